The molecule has 0 bridgehead atoms. The third-order valence-electron chi connectivity index (χ3n) is 2.24. The van der Waals surface area contributed by atoms with E-state index in [1.54, 1.807) is 24.3 Å². The van der Waals surface area contributed by atoms with Crippen LogP contribution in [-0.2, 0) is 0 Å². The molecule has 0 aliphatic heterocycles. The number of phenols is 3. The molecule has 0 saturated heterocycles. The van der Waals surface area contributed by atoms with Crippen molar-refractivity contribution in [1.82, 2.24) is 0 Å². The Hall–Kier alpha value is -1.81. The summed E-state index contributed by atoms with van der Waals surface area (Å²) < 4.78 is 0. The van der Waals surface area contributed by atoms with E-state index >= 15 is 0 Å². The number of phenolic OH excluding ortho intramolecular Hbond substituents is 3. The highest BCUT2D eigenvalue weighted by Crippen LogP contribution is 2.40. The summed E-state index contributed by atoms with van der Waals surface area (Å²) in [7, 11) is 0. The van der Waals surface area contributed by atoms with Gasteiger partial charge < -0.3 is 15.3 Å². The molecule has 0 aliphatic rings. The van der Waals surface area contributed by atoms with Crippen LogP contribution in [0.25, 0.3) is 11.1 Å². The van der Waals surface area contributed by atoms with Gasteiger partial charge in [0.1, 0.15) is 17.2 Å². The molecule has 0 amide bonds. The molecule has 2 rings (SSSR count). The van der Waals surface area contributed by atoms with Crippen molar-refractivity contribution in [3.8, 4) is 28.4 Å². The summed E-state index contributed by atoms with van der Waals surface area (Å²) in [5.41, 5.74) is 0.957. The van der Waals surface area contributed by atoms with Crippen molar-refractivity contribution in [1.29, 1.82) is 0 Å². The Morgan fingerprint density at radius 3 is 1.81 bits per heavy atom. The fourth-order valence-electron chi connectivity index (χ4n) is 1.52. The zero-order valence-corrected chi connectivity index (χ0v) is 9.15. The van der Waals surface area contributed by atoms with Crippen LogP contribution in [0.5, 0.6) is 17.2 Å². The summed E-state index contributed by atoms with van der Waals surface area (Å²) in [6.45, 7) is 0. The molecule has 4 heteroatoms. The lowest BCUT2D eigenvalue weighted by atomic mass is 10.0. The molecular formula is C12H10O3S. The Balaban J connectivity index is 2.60. The van der Waals surface area contributed by atoms with E-state index in [9.17, 15) is 15.3 Å². The van der Waals surface area contributed by atoms with Gasteiger partial charge >= 0.3 is 0 Å². The van der Waals surface area contributed by atoms with Crippen LogP contribution < -0.4 is 0 Å². The number of aromatic hydroxyl groups is 3. The van der Waals surface area contributed by atoms with Crippen molar-refractivity contribution in [2.45, 2.75) is 4.90 Å². The van der Waals surface area contributed by atoms with Crippen LogP contribution in [0.15, 0.2) is 41.3 Å². The monoisotopic (exact) mass is 234 g/mol. The van der Waals surface area contributed by atoms with E-state index in [0.29, 0.717) is 11.1 Å². The predicted octanol–water partition coefficient (Wildman–Crippen LogP) is 2.76. The fourth-order valence-corrected chi connectivity index (χ4v) is 1.67. The lowest BCUT2D eigenvalue weighted by Crippen LogP contribution is -1.81. The average molecular weight is 234 g/mol. The van der Waals surface area contributed by atoms with E-state index in [2.05, 4.69) is 12.6 Å². The van der Waals surface area contributed by atoms with Crippen LogP contribution in [0.1, 0.15) is 0 Å². The quantitative estimate of drug-likeness (QED) is 0.574. The van der Waals surface area contributed by atoms with Crippen molar-refractivity contribution < 1.29 is 15.3 Å². The van der Waals surface area contributed by atoms with Gasteiger partial charge in [-0.15, -0.1) is 12.6 Å². The zero-order chi connectivity index (χ0) is 11.7. The largest absolute Gasteiger partial charge is 0.508 e. The highest BCUT2D eigenvalue weighted by molar-refractivity contribution is 7.80. The first kappa shape index (κ1) is 10.7. The van der Waals surface area contributed by atoms with Crippen LogP contribution in [0.4, 0.5) is 0 Å². The molecule has 16 heavy (non-hydrogen) atoms. The predicted molar refractivity (Wildman–Crippen MR) is 64.1 cm³/mol. The molecule has 0 saturated carbocycles. The number of hydrogen-bond acceptors (Lipinski definition) is 4. The molecule has 0 spiro atoms. The minimum Gasteiger partial charge on any atom is -0.508 e. The Bertz CT molecular complexity index is 497. The minimum atomic E-state index is -0.176. The standard InChI is InChI=1S/C12H10O3S/c13-8-5-10(14)12(11(15)6-8)7-1-3-9(16)4-2-7/h1-6,13-16H. The van der Waals surface area contributed by atoms with Gasteiger partial charge in [0.2, 0.25) is 0 Å². The first-order valence-electron chi connectivity index (χ1n) is 4.62. The second-order valence-corrected chi connectivity index (χ2v) is 3.92. The molecule has 0 atom stereocenters. The smallest absolute Gasteiger partial charge is 0.130 e. The van der Waals surface area contributed by atoms with E-state index < -0.39 is 0 Å². The Labute approximate surface area is 98.0 Å². The molecule has 3 nitrogen and oxygen atoms in total. The third kappa shape index (κ3) is 1.92. The minimum absolute atomic E-state index is 0.163. The van der Waals surface area contributed by atoms with Gasteiger partial charge in [0.05, 0.1) is 5.56 Å². The first-order chi connectivity index (χ1) is 7.58. The molecule has 0 aliphatic carbocycles. The molecule has 0 radical (unpaired) electrons. The Kier molecular flexibility index (Phi) is 2.66. The lowest BCUT2D eigenvalue weighted by molar-refractivity contribution is 0.430. The Morgan fingerprint density at radius 2 is 1.31 bits per heavy atom. The van der Waals surface area contributed by atoms with Crippen molar-refractivity contribution in [3.63, 3.8) is 0 Å². The highest BCUT2D eigenvalue weighted by atomic mass is 32.1. The van der Waals surface area contributed by atoms with E-state index in [1.165, 1.54) is 12.1 Å². The molecule has 0 unspecified atom stereocenters. The van der Waals surface area contributed by atoms with Crippen LogP contribution >= 0.6 is 12.6 Å². The molecular weight excluding hydrogens is 224 g/mol. The van der Waals surface area contributed by atoms with Crippen LogP contribution in [0.2, 0.25) is 0 Å². The van der Waals surface area contributed by atoms with Gasteiger partial charge in [0.15, 0.2) is 0 Å². The summed E-state index contributed by atoms with van der Waals surface area (Å²) in [6, 6.07) is 9.34. The molecule has 0 fully saturated rings. The van der Waals surface area contributed by atoms with E-state index in [0.717, 1.165) is 4.90 Å². The van der Waals surface area contributed by atoms with Crippen molar-refractivity contribution >= 4 is 12.6 Å². The summed E-state index contributed by atoms with van der Waals surface area (Å²) >= 11 is 4.15. The zero-order valence-electron chi connectivity index (χ0n) is 8.25. The first-order valence-corrected chi connectivity index (χ1v) is 5.07. The van der Waals surface area contributed by atoms with Gasteiger partial charge in [-0.2, -0.15) is 0 Å². The SMILES string of the molecule is Oc1cc(O)c(-c2ccc(S)cc2)c(O)c1. The number of benzene rings is 2. The summed E-state index contributed by atoms with van der Waals surface area (Å²) in [5, 5.41) is 28.5. The van der Waals surface area contributed by atoms with Crippen LogP contribution in [0, 0.1) is 0 Å². The van der Waals surface area contributed by atoms with Gasteiger partial charge in [-0.05, 0) is 17.7 Å². The number of hydrogen-bond donors (Lipinski definition) is 4. The van der Waals surface area contributed by atoms with E-state index in [4.69, 9.17) is 0 Å². The van der Waals surface area contributed by atoms with Crippen LogP contribution in [0.3, 0.4) is 0 Å². The van der Waals surface area contributed by atoms with Gasteiger partial charge in [0, 0.05) is 17.0 Å². The van der Waals surface area contributed by atoms with Gasteiger partial charge in [-0.3, -0.25) is 0 Å². The summed E-state index contributed by atoms with van der Waals surface area (Å²) in [5.74, 6) is -0.501. The average Bonchev–Trinajstić information content (AvgIpc) is 2.19. The third-order valence-corrected chi connectivity index (χ3v) is 2.54. The summed E-state index contributed by atoms with van der Waals surface area (Å²) in [6.07, 6.45) is 0. The molecule has 0 aromatic heterocycles. The second-order valence-electron chi connectivity index (χ2n) is 3.41. The topological polar surface area (TPSA) is 60.7 Å². The maximum Gasteiger partial charge on any atom is 0.130 e. The van der Waals surface area contributed by atoms with Crippen molar-refractivity contribution in [3.05, 3.63) is 36.4 Å². The van der Waals surface area contributed by atoms with E-state index in [1.807, 2.05) is 0 Å². The summed E-state index contributed by atoms with van der Waals surface area (Å²) in [4.78, 5) is 0.793. The molecule has 82 valence electrons. The Morgan fingerprint density at radius 1 is 0.812 bits per heavy atom. The fraction of sp³-hybridized carbons (Fsp3) is 0. The van der Waals surface area contributed by atoms with Gasteiger partial charge in [0.25, 0.3) is 0 Å². The van der Waals surface area contributed by atoms with Gasteiger partial charge in [-0.1, -0.05) is 12.1 Å². The molecule has 2 aromatic carbocycles. The highest BCUT2D eigenvalue weighted by Gasteiger charge is 2.11. The van der Waals surface area contributed by atoms with Gasteiger partial charge in [-0.25, -0.2) is 0 Å². The number of rotatable bonds is 1. The lowest BCUT2D eigenvalue weighted by Gasteiger charge is -2.08. The maximum atomic E-state index is 9.66. The second kappa shape index (κ2) is 3.98. The molecule has 2 aromatic rings. The van der Waals surface area contributed by atoms with Crippen molar-refractivity contribution in [2.24, 2.45) is 0 Å². The van der Waals surface area contributed by atoms with Crippen molar-refractivity contribution in [2.75, 3.05) is 0 Å². The maximum absolute atomic E-state index is 9.66. The normalized spacial score (nSPS) is 10.3. The molecule has 0 heterocycles. The van der Waals surface area contributed by atoms with E-state index in [-0.39, 0.29) is 17.2 Å². The molecule has 3 N–H and O–H groups in total. The number of thiol groups is 1. The van der Waals surface area contributed by atoms with Crippen LogP contribution in [-0.4, -0.2) is 15.3 Å².